The molecule has 0 N–H and O–H groups in total. The summed E-state index contributed by atoms with van der Waals surface area (Å²) in [4.78, 5) is 34.3. The second-order valence-corrected chi connectivity index (χ2v) is 1.50. The molecule has 0 aliphatic rings. The summed E-state index contributed by atoms with van der Waals surface area (Å²) in [5, 5.41) is 0. The Kier molecular flexibility index (Phi) is 24.9. The summed E-state index contributed by atoms with van der Waals surface area (Å²) < 4.78 is 0. The van der Waals surface area contributed by atoms with Crippen molar-refractivity contribution in [2.24, 2.45) is 0 Å². The zero-order chi connectivity index (χ0) is 4.50. The molecule has 46 valence electrons. The molecule has 0 aromatic heterocycles. The smallest absolute Gasteiger partial charge is 0.894 e. The summed E-state index contributed by atoms with van der Waals surface area (Å²) in [5.74, 6) is 0. The molecule has 0 aromatic rings. The second kappa shape index (κ2) is 8.84. The van der Waals surface area contributed by atoms with E-state index in [1.54, 1.807) is 0 Å². The van der Waals surface area contributed by atoms with E-state index in [1.807, 2.05) is 0 Å². The Labute approximate surface area is 84.3 Å². The zero-order valence-electron chi connectivity index (χ0n) is 3.51. The summed E-state index contributed by atoms with van der Waals surface area (Å²) in [6, 6.07) is 0. The Morgan fingerprint density at radius 1 is 0.875 bits per heavy atom. The first-order chi connectivity index (χ1) is 2.00. The normalized spacial score (nSPS) is 7.50. The molecule has 0 rings (SSSR count). The van der Waals surface area contributed by atoms with Gasteiger partial charge in [-0.2, -0.15) is 0 Å². The molecule has 0 spiro atoms. The summed E-state index contributed by atoms with van der Waals surface area (Å²) in [5.41, 5.74) is 0. The van der Waals surface area contributed by atoms with Gasteiger partial charge in [-0.3, -0.25) is 0 Å². The van der Waals surface area contributed by atoms with Gasteiger partial charge in [0.05, 0.1) is 0 Å². The van der Waals surface area contributed by atoms with Crippen molar-refractivity contribution in [3.05, 3.63) is 0 Å². The van der Waals surface area contributed by atoms with E-state index in [1.165, 1.54) is 0 Å². The fraction of sp³-hybridized carbons (Fsp3) is 0. The van der Waals surface area contributed by atoms with Gasteiger partial charge in [0.25, 0.3) is 0 Å². The van der Waals surface area contributed by atoms with Crippen LogP contribution in [0.15, 0.2) is 0 Å². The second-order valence-electron chi connectivity index (χ2n) is 0.500. The van der Waals surface area contributed by atoms with Crippen molar-refractivity contribution in [2.45, 2.75) is 0 Å². The van der Waals surface area contributed by atoms with Crippen LogP contribution in [0, 0.1) is 0 Å². The maximum atomic E-state index is 8.58. The Morgan fingerprint density at radius 3 is 0.875 bits per heavy atom. The molecule has 4 nitrogen and oxygen atoms in total. The van der Waals surface area contributed by atoms with E-state index in [0.717, 1.165) is 0 Å². The third kappa shape index (κ3) is 109. The van der Waals surface area contributed by atoms with Gasteiger partial charge in [-0.05, 0) is 0 Å². The molecule has 0 fully saturated rings. The molecule has 0 saturated carbocycles. The molecule has 0 aliphatic heterocycles. The van der Waals surface area contributed by atoms with Crippen LogP contribution in [-0.2, 0) is 33.6 Å². The van der Waals surface area contributed by atoms with Gasteiger partial charge in [0, 0.05) is 0 Å². The average Bonchev–Trinajstić information content (AvgIpc) is 0.722. The van der Waals surface area contributed by atoms with Crippen LogP contribution in [0.2, 0.25) is 0 Å². The monoisotopic (exact) mass is 230 g/mol. The van der Waals surface area contributed by atoms with Crippen LogP contribution in [0.25, 0.3) is 0 Å². The summed E-state index contributed by atoms with van der Waals surface area (Å²) in [6.07, 6.45) is 0. The molecular formula is FeMgNiO4Si+2. The Morgan fingerprint density at radius 2 is 0.875 bits per heavy atom. The minimum absolute atomic E-state index is 0. The fourth-order valence-corrected chi connectivity index (χ4v) is 0. The van der Waals surface area contributed by atoms with Gasteiger partial charge in [0.2, 0.25) is 0 Å². The van der Waals surface area contributed by atoms with Crippen LogP contribution in [0.5, 0.6) is 0 Å². The molecule has 0 bridgehead atoms. The van der Waals surface area contributed by atoms with Crippen LogP contribution in [0.4, 0.5) is 0 Å². The van der Waals surface area contributed by atoms with Crippen LogP contribution in [0.3, 0.4) is 0 Å². The zero-order valence-corrected chi connectivity index (χ0v) is 8.02. The van der Waals surface area contributed by atoms with Crippen LogP contribution in [0.1, 0.15) is 0 Å². The summed E-state index contributed by atoms with van der Waals surface area (Å²) in [6.45, 7) is 0. The molecule has 0 amide bonds. The number of rotatable bonds is 0. The van der Waals surface area contributed by atoms with Gasteiger partial charge >= 0.3 is 56.6 Å². The minimum atomic E-state index is -5.61. The van der Waals surface area contributed by atoms with Crippen molar-refractivity contribution in [1.82, 2.24) is 0 Å². The summed E-state index contributed by atoms with van der Waals surface area (Å²) in [7, 11) is -5.61. The van der Waals surface area contributed by atoms with E-state index in [0.29, 0.717) is 0 Å². The van der Waals surface area contributed by atoms with Gasteiger partial charge in [-0.15, -0.1) is 0 Å². The van der Waals surface area contributed by atoms with Crippen molar-refractivity contribution >= 4 is 32.1 Å². The molecule has 0 atom stereocenters. The quantitative estimate of drug-likeness (QED) is 0.388. The molecular weight excluding hydrogens is 231 g/mol. The Hall–Kier alpha value is 1.84. The first kappa shape index (κ1) is 22.5. The maximum Gasteiger partial charge on any atom is 2.00 e. The van der Waals surface area contributed by atoms with Crippen molar-refractivity contribution < 1.29 is 52.7 Å². The predicted molar refractivity (Wildman–Crippen MR) is 11.5 cm³/mol. The van der Waals surface area contributed by atoms with Gasteiger partial charge in [-0.25, -0.2) is 0 Å². The largest absolute Gasteiger partial charge is 2.00 e. The van der Waals surface area contributed by atoms with E-state index in [2.05, 4.69) is 0 Å². The van der Waals surface area contributed by atoms with Gasteiger partial charge in [0.1, 0.15) is 0 Å². The van der Waals surface area contributed by atoms with Crippen molar-refractivity contribution in [3.63, 3.8) is 0 Å². The molecule has 0 unspecified atom stereocenters. The van der Waals surface area contributed by atoms with Crippen molar-refractivity contribution in [1.29, 1.82) is 0 Å². The van der Waals surface area contributed by atoms with E-state index in [4.69, 9.17) is 19.2 Å². The molecule has 0 aromatic carbocycles. The third-order valence-electron chi connectivity index (χ3n) is 0. The van der Waals surface area contributed by atoms with Gasteiger partial charge < -0.3 is 28.2 Å². The Bertz CT molecular complexity index is 31.5. The number of hydrogen-bond acceptors (Lipinski definition) is 4. The van der Waals surface area contributed by atoms with E-state index >= 15 is 0 Å². The van der Waals surface area contributed by atoms with Gasteiger partial charge in [-0.1, -0.05) is 0 Å². The van der Waals surface area contributed by atoms with Crippen molar-refractivity contribution in [2.75, 3.05) is 0 Å². The molecule has 0 heterocycles. The minimum Gasteiger partial charge on any atom is -0.894 e. The van der Waals surface area contributed by atoms with E-state index in [9.17, 15) is 0 Å². The maximum absolute atomic E-state index is 8.58. The molecule has 0 aliphatic carbocycles. The predicted octanol–water partition coefficient (Wildman–Crippen LogP) is -5.52. The molecule has 0 saturated heterocycles. The molecule has 8 heavy (non-hydrogen) atoms. The van der Waals surface area contributed by atoms with Crippen molar-refractivity contribution in [3.8, 4) is 0 Å². The van der Waals surface area contributed by atoms with Gasteiger partial charge in [0.15, 0.2) is 0 Å². The summed E-state index contributed by atoms with van der Waals surface area (Å²) >= 11 is 0. The fourth-order valence-electron chi connectivity index (χ4n) is 0. The topological polar surface area (TPSA) is 92.2 Å². The number of hydrogen-bond donors (Lipinski definition) is 0. The van der Waals surface area contributed by atoms with E-state index in [-0.39, 0.29) is 56.6 Å². The average molecular weight is 231 g/mol. The van der Waals surface area contributed by atoms with Crippen LogP contribution >= 0.6 is 0 Å². The first-order valence-electron chi connectivity index (χ1n) is 0.816. The standard InChI is InChI=1S/Fe.Mg.Ni.O4Si/c;;;1-5(2,3)4/q3*+2;-4. The Balaban J connectivity index is -0.0000000267. The molecule has 0 radical (unpaired) electrons. The van der Waals surface area contributed by atoms with Crippen LogP contribution < -0.4 is 19.2 Å². The van der Waals surface area contributed by atoms with E-state index < -0.39 is 9.05 Å². The first-order valence-corrected chi connectivity index (χ1v) is 2.45. The van der Waals surface area contributed by atoms with Crippen LogP contribution in [-0.4, -0.2) is 32.1 Å². The third-order valence-corrected chi connectivity index (χ3v) is 0. The SMILES string of the molecule is [Fe+2].[Mg+2].[Ni+2].[O-][Si]([O-])([O-])[O-]. The molecule has 8 heteroatoms.